The van der Waals surface area contributed by atoms with Crippen molar-refractivity contribution in [3.8, 4) is 11.4 Å². The maximum Gasteiger partial charge on any atom is 0.261 e. The Hall–Kier alpha value is -1.83. The molecule has 0 saturated heterocycles. The quantitative estimate of drug-likeness (QED) is 0.608. The van der Waals surface area contributed by atoms with Gasteiger partial charge in [0.15, 0.2) is 0 Å². The third-order valence-electron chi connectivity index (χ3n) is 3.76. The van der Waals surface area contributed by atoms with Gasteiger partial charge in [0, 0.05) is 22.5 Å². The minimum absolute atomic E-state index is 0.715. The van der Waals surface area contributed by atoms with E-state index in [0.717, 1.165) is 29.3 Å². The second-order valence-corrected chi connectivity index (χ2v) is 7.40. The molecule has 0 spiro atoms. The van der Waals surface area contributed by atoms with Crippen molar-refractivity contribution in [1.82, 2.24) is 14.5 Å². The molecule has 23 heavy (non-hydrogen) atoms. The lowest BCUT2D eigenvalue weighted by atomic mass is 10.0. The molecule has 8 heteroatoms. The number of H-pyrrole nitrogens is 1. The van der Waals surface area contributed by atoms with Gasteiger partial charge in [-0.1, -0.05) is 11.6 Å². The van der Waals surface area contributed by atoms with Gasteiger partial charge >= 0.3 is 0 Å². The van der Waals surface area contributed by atoms with E-state index in [1.165, 1.54) is 22.3 Å². The Bertz CT molecular complexity index is 981. The van der Waals surface area contributed by atoms with Crippen LogP contribution >= 0.6 is 11.6 Å². The van der Waals surface area contributed by atoms with Crippen molar-refractivity contribution in [2.45, 2.75) is 19.9 Å². The summed E-state index contributed by atoms with van der Waals surface area (Å²) in [7, 11) is -3.67. The van der Waals surface area contributed by atoms with Gasteiger partial charge in [-0.3, -0.25) is 4.55 Å². The molecular weight excluding hydrogens is 338 g/mol. The first-order chi connectivity index (χ1) is 10.7. The Labute approximate surface area is 138 Å². The summed E-state index contributed by atoms with van der Waals surface area (Å²) in [6.07, 6.45) is 3.69. The lowest BCUT2D eigenvalue weighted by Gasteiger charge is -2.16. The van der Waals surface area contributed by atoms with Crippen LogP contribution in [0.3, 0.4) is 0 Å². The average Bonchev–Trinajstić information content (AvgIpc) is 2.98. The standard InChI is InChI=1S/C14H12ClN3.CH4O3S/c1-8-16-7-13-14-10(4-5-18(8)13)11-6-9(15)2-3-12(11)17-14;1-5(2,3)4/h2-3,6-7,17H,4-5H2,1H3;1H3,(H,2,3,4). The largest absolute Gasteiger partial charge is 0.353 e. The molecular formula is C15H16ClN3O3S. The molecule has 3 aromatic rings. The van der Waals surface area contributed by atoms with Gasteiger partial charge in [-0.25, -0.2) is 4.98 Å². The molecule has 0 radical (unpaired) electrons. The van der Waals surface area contributed by atoms with Gasteiger partial charge < -0.3 is 9.55 Å². The number of hydrogen-bond donors (Lipinski definition) is 2. The molecule has 0 amide bonds. The van der Waals surface area contributed by atoms with Crippen molar-refractivity contribution in [3.05, 3.63) is 40.8 Å². The first-order valence-electron chi connectivity index (χ1n) is 6.99. The SMILES string of the molecule is CS(=O)(=O)O.Cc1ncc2n1CCc1c-2[nH]c2ccc(Cl)cc12. The zero-order valence-electron chi connectivity index (χ0n) is 12.7. The van der Waals surface area contributed by atoms with Gasteiger partial charge in [-0.15, -0.1) is 0 Å². The number of hydrogen-bond acceptors (Lipinski definition) is 3. The Morgan fingerprint density at radius 3 is 2.78 bits per heavy atom. The van der Waals surface area contributed by atoms with Crippen LogP contribution in [0.5, 0.6) is 0 Å². The van der Waals surface area contributed by atoms with Crippen LogP contribution in [0.2, 0.25) is 5.02 Å². The number of benzene rings is 1. The van der Waals surface area contributed by atoms with Crippen LogP contribution in [0.15, 0.2) is 24.4 Å². The maximum atomic E-state index is 9.19. The van der Waals surface area contributed by atoms with Crippen LogP contribution in [-0.2, 0) is 23.1 Å². The van der Waals surface area contributed by atoms with E-state index < -0.39 is 10.1 Å². The molecule has 1 aliphatic rings. The number of imidazole rings is 1. The van der Waals surface area contributed by atoms with E-state index in [1.54, 1.807) is 0 Å². The van der Waals surface area contributed by atoms with E-state index in [4.69, 9.17) is 16.2 Å². The minimum atomic E-state index is -3.67. The molecule has 1 aromatic carbocycles. The van der Waals surface area contributed by atoms with Crippen LogP contribution < -0.4 is 0 Å². The van der Waals surface area contributed by atoms with Crippen LogP contribution in [0.1, 0.15) is 11.4 Å². The van der Waals surface area contributed by atoms with Crippen molar-refractivity contribution < 1.29 is 13.0 Å². The highest BCUT2D eigenvalue weighted by Gasteiger charge is 2.22. The summed E-state index contributed by atoms with van der Waals surface area (Å²) in [6, 6.07) is 6.02. The topological polar surface area (TPSA) is 88.0 Å². The molecule has 122 valence electrons. The summed E-state index contributed by atoms with van der Waals surface area (Å²) < 4.78 is 28.1. The number of halogens is 1. The molecule has 0 bridgehead atoms. The van der Waals surface area contributed by atoms with E-state index in [-0.39, 0.29) is 0 Å². The Morgan fingerprint density at radius 2 is 2.09 bits per heavy atom. The Morgan fingerprint density at radius 1 is 1.39 bits per heavy atom. The predicted molar refractivity (Wildman–Crippen MR) is 90.4 cm³/mol. The molecule has 2 N–H and O–H groups in total. The van der Waals surface area contributed by atoms with E-state index in [2.05, 4.69) is 14.5 Å². The van der Waals surface area contributed by atoms with Gasteiger partial charge in [0.05, 0.1) is 23.8 Å². The van der Waals surface area contributed by atoms with Gasteiger partial charge in [-0.2, -0.15) is 8.42 Å². The van der Waals surface area contributed by atoms with Crippen LogP contribution in [0, 0.1) is 6.92 Å². The third-order valence-corrected chi connectivity index (χ3v) is 4.00. The molecule has 1 aliphatic heterocycles. The highest BCUT2D eigenvalue weighted by molar-refractivity contribution is 7.85. The summed E-state index contributed by atoms with van der Waals surface area (Å²) in [4.78, 5) is 7.90. The molecule has 0 fully saturated rings. The summed E-state index contributed by atoms with van der Waals surface area (Å²) in [5.41, 5.74) is 4.89. The number of aromatic amines is 1. The maximum absolute atomic E-state index is 9.19. The molecule has 6 nitrogen and oxygen atoms in total. The van der Waals surface area contributed by atoms with E-state index in [1.807, 2.05) is 31.3 Å². The summed E-state index contributed by atoms with van der Waals surface area (Å²) in [5.74, 6) is 1.08. The molecule has 0 atom stereocenters. The fourth-order valence-electron chi connectivity index (χ4n) is 2.87. The van der Waals surface area contributed by atoms with Gasteiger partial charge in [0.1, 0.15) is 5.82 Å². The van der Waals surface area contributed by atoms with E-state index in [9.17, 15) is 8.42 Å². The predicted octanol–water partition coefficient (Wildman–Crippen LogP) is 3.05. The smallest absolute Gasteiger partial charge is 0.261 e. The lowest BCUT2D eigenvalue weighted by Crippen LogP contribution is -2.11. The molecule has 4 rings (SSSR count). The lowest BCUT2D eigenvalue weighted by molar-refractivity contribution is 0.490. The molecule has 3 heterocycles. The van der Waals surface area contributed by atoms with Gasteiger partial charge in [0.2, 0.25) is 0 Å². The first-order valence-corrected chi connectivity index (χ1v) is 9.21. The first kappa shape index (κ1) is 16.0. The number of fused-ring (bicyclic) bond motifs is 5. The van der Waals surface area contributed by atoms with E-state index in [0.29, 0.717) is 6.26 Å². The monoisotopic (exact) mass is 353 g/mol. The van der Waals surface area contributed by atoms with Crippen LogP contribution in [0.4, 0.5) is 0 Å². The molecule has 0 saturated carbocycles. The Kier molecular flexibility index (Phi) is 3.95. The average molecular weight is 354 g/mol. The molecule has 0 aliphatic carbocycles. The number of aryl methyl sites for hydroxylation is 2. The van der Waals surface area contributed by atoms with E-state index >= 15 is 0 Å². The second kappa shape index (κ2) is 5.67. The summed E-state index contributed by atoms with van der Waals surface area (Å²) in [6.45, 7) is 3.04. The highest BCUT2D eigenvalue weighted by atomic mass is 35.5. The second-order valence-electron chi connectivity index (χ2n) is 5.49. The number of nitrogens with one attached hydrogen (secondary N) is 1. The summed E-state index contributed by atoms with van der Waals surface area (Å²) in [5, 5.41) is 2.03. The van der Waals surface area contributed by atoms with Crippen molar-refractivity contribution in [2.75, 3.05) is 6.26 Å². The number of rotatable bonds is 0. The summed E-state index contributed by atoms with van der Waals surface area (Å²) >= 11 is 6.09. The number of aromatic nitrogens is 3. The molecule has 0 unspecified atom stereocenters. The Balaban J connectivity index is 0.000000276. The van der Waals surface area contributed by atoms with Crippen LogP contribution in [-0.4, -0.2) is 33.8 Å². The fraction of sp³-hybridized carbons (Fsp3) is 0.267. The number of nitrogens with zero attached hydrogens (tertiary/aromatic N) is 2. The van der Waals surface area contributed by atoms with Gasteiger partial charge in [-0.05, 0) is 37.1 Å². The van der Waals surface area contributed by atoms with Crippen molar-refractivity contribution in [2.24, 2.45) is 0 Å². The zero-order chi connectivity index (χ0) is 16.8. The zero-order valence-corrected chi connectivity index (χ0v) is 14.2. The van der Waals surface area contributed by atoms with Crippen LogP contribution in [0.25, 0.3) is 22.3 Å². The highest BCUT2D eigenvalue weighted by Crippen LogP contribution is 2.35. The normalized spacial score (nSPS) is 13.2. The third kappa shape index (κ3) is 3.26. The fourth-order valence-corrected chi connectivity index (χ4v) is 3.04. The van der Waals surface area contributed by atoms with Crippen molar-refractivity contribution in [3.63, 3.8) is 0 Å². The minimum Gasteiger partial charge on any atom is -0.353 e. The van der Waals surface area contributed by atoms with Crippen molar-refractivity contribution >= 4 is 32.6 Å². The van der Waals surface area contributed by atoms with Gasteiger partial charge in [0.25, 0.3) is 10.1 Å². The molecule has 2 aromatic heterocycles. The van der Waals surface area contributed by atoms with Crippen molar-refractivity contribution in [1.29, 1.82) is 0 Å².